The monoisotopic (exact) mass is 502 g/mol. The molecule has 2 rings (SSSR count). The molecule has 1 heterocycles. The van der Waals surface area contributed by atoms with Crippen LogP contribution in [-0.4, -0.2) is 53.6 Å². The van der Waals surface area contributed by atoms with Crippen molar-refractivity contribution < 1.29 is 9.47 Å². The predicted molar refractivity (Wildman–Crippen MR) is 122 cm³/mol. The summed E-state index contributed by atoms with van der Waals surface area (Å²) in [5.74, 6) is 3.37. The molecule has 0 radical (unpaired) electrons. The molecule has 0 aliphatic heterocycles. The smallest absolute Gasteiger partial charge is 0.191 e. The van der Waals surface area contributed by atoms with Crippen molar-refractivity contribution in [3.05, 3.63) is 36.4 Å². The van der Waals surface area contributed by atoms with Gasteiger partial charge in [-0.15, -0.1) is 34.2 Å². The first-order valence-corrected chi connectivity index (χ1v) is 9.35. The summed E-state index contributed by atoms with van der Waals surface area (Å²) in [6, 6.07) is 7.55. The fourth-order valence-electron chi connectivity index (χ4n) is 2.52. The average molecular weight is 502 g/mol. The van der Waals surface area contributed by atoms with Crippen LogP contribution in [0.3, 0.4) is 0 Å². The maximum Gasteiger partial charge on any atom is 0.191 e. The molecular formula is C19H31IN6O2. The first-order chi connectivity index (χ1) is 13.2. The molecule has 0 saturated carbocycles. The molecule has 0 aliphatic rings. The first-order valence-electron chi connectivity index (χ1n) is 9.35. The molecule has 1 atom stereocenters. The van der Waals surface area contributed by atoms with Crippen LogP contribution >= 0.6 is 24.0 Å². The zero-order valence-electron chi connectivity index (χ0n) is 17.0. The number of aromatic nitrogens is 3. The number of ether oxygens (including phenoxy) is 2. The van der Waals surface area contributed by atoms with E-state index in [-0.39, 0.29) is 30.1 Å². The van der Waals surface area contributed by atoms with E-state index in [0.29, 0.717) is 6.54 Å². The molecule has 1 unspecified atom stereocenters. The lowest BCUT2D eigenvalue weighted by Gasteiger charge is -2.15. The van der Waals surface area contributed by atoms with Gasteiger partial charge in [-0.1, -0.05) is 6.92 Å². The van der Waals surface area contributed by atoms with Crippen LogP contribution in [0.5, 0.6) is 11.5 Å². The summed E-state index contributed by atoms with van der Waals surface area (Å²) >= 11 is 0. The van der Waals surface area contributed by atoms with E-state index < -0.39 is 0 Å². The van der Waals surface area contributed by atoms with Gasteiger partial charge in [-0.25, -0.2) is 4.99 Å². The Hall–Kier alpha value is -2.04. The molecule has 28 heavy (non-hydrogen) atoms. The highest BCUT2D eigenvalue weighted by Gasteiger charge is 2.06. The third kappa shape index (κ3) is 7.91. The molecule has 0 saturated heterocycles. The predicted octanol–water partition coefficient (Wildman–Crippen LogP) is 2.49. The van der Waals surface area contributed by atoms with Crippen LogP contribution in [0.15, 0.2) is 35.6 Å². The number of hydrogen-bond acceptors (Lipinski definition) is 5. The number of rotatable bonds is 10. The third-order valence-electron chi connectivity index (χ3n) is 3.90. The summed E-state index contributed by atoms with van der Waals surface area (Å²) in [6.45, 7) is 9.00. The van der Waals surface area contributed by atoms with Crippen molar-refractivity contribution in [1.29, 1.82) is 0 Å². The molecule has 0 aliphatic carbocycles. The normalized spacial score (nSPS) is 12.1. The summed E-state index contributed by atoms with van der Waals surface area (Å²) < 4.78 is 13.1. The van der Waals surface area contributed by atoms with Crippen LogP contribution in [0.1, 0.15) is 26.6 Å². The SMILES string of the molecule is CCNC(=NCC(C)Oc1ccc(OC)cc1)NCCn1cnnc1CC.I. The number of halogens is 1. The number of aryl methyl sites for hydroxylation is 1. The number of nitrogens with one attached hydrogen (secondary N) is 2. The molecule has 9 heteroatoms. The van der Waals surface area contributed by atoms with Gasteiger partial charge < -0.3 is 24.7 Å². The second-order valence-electron chi connectivity index (χ2n) is 6.04. The molecule has 0 amide bonds. The van der Waals surface area contributed by atoms with Gasteiger partial charge >= 0.3 is 0 Å². The number of hydrogen-bond donors (Lipinski definition) is 2. The summed E-state index contributed by atoms with van der Waals surface area (Å²) in [5.41, 5.74) is 0. The Labute approximate surface area is 184 Å². The van der Waals surface area contributed by atoms with E-state index in [1.807, 2.05) is 42.7 Å². The molecule has 156 valence electrons. The number of aliphatic imine (C=N–C) groups is 1. The van der Waals surface area contributed by atoms with Crippen molar-refractivity contribution in [2.24, 2.45) is 4.99 Å². The van der Waals surface area contributed by atoms with Crippen molar-refractivity contribution in [2.75, 3.05) is 26.7 Å². The number of methoxy groups -OCH3 is 1. The molecule has 1 aromatic carbocycles. The zero-order valence-corrected chi connectivity index (χ0v) is 19.3. The maximum absolute atomic E-state index is 5.90. The molecule has 8 nitrogen and oxygen atoms in total. The Morgan fingerprint density at radius 1 is 1.18 bits per heavy atom. The van der Waals surface area contributed by atoms with Gasteiger partial charge in [-0.05, 0) is 38.1 Å². The van der Waals surface area contributed by atoms with Gasteiger partial charge in [0.2, 0.25) is 0 Å². The minimum Gasteiger partial charge on any atom is -0.497 e. The van der Waals surface area contributed by atoms with E-state index in [4.69, 9.17) is 9.47 Å². The topological polar surface area (TPSA) is 85.6 Å². The van der Waals surface area contributed by atoms with Gasteiger partial charge in [0, 0.05) is 26.1 Å². The van der Waals surface area contributed by atoms with Gasteiger partial charge in [-0.2, -0.15) is 0 Å². The van der Waals surface area contributed by atoms with E-state index in [1.54, 1.807) is 13.4 Å². The van der Waals surface area contributed by atoms with E-state index in [9.17, 15) is 0 Å². The lowest BCUT2D eigenvalue weighted by molar-refractivity contribution is 0.230. The van der Waals surface area contributed by atoms with Gasteiger partial charge in [0.1, 0.15) is 29.8 Å². The van der Waals surface area contributed by atoms with E-state index in [2.05, 4.69) is 32.7 Å². The van der Waals surface area contributed by atoms with Gasteiger partial charge in [0.15, 0.2) is 5.96 Å². The van der Waals surface area contributed by atoms with Crippen LogP contribution in [0.25, 0.3) is 0 Å². The quantitative estimate of drug-likeness (QED) is 0.295. The van der Waals surface area contributed by atoms with Crippen LogP contribution in [0.2, 0.25) is 0 Å². The molecule has 2 aromatic rings. The molecule has 2 N–H and O–H groups in total. The second-order valence-corrected chi connectivity index (χ2v) is 6.04. The standard InChI is InChI=1S/C19H30N6O2.HI/c1-5-18-24-23-14-25(18)12-11-21-19(20-6-2)22-13-15(3)27-17-9-7-16(26-4)8-10-17;/h7-10,14-15H,5-6,11-13H2,1-4H3,(H2,20,21,22);1H. The number of benzene rings is 1. The highest BCUT2D eigenvalue weighted by atomic mass is 127. The zero-order chi connectivity index (χ0) is 19.5. The Morgan fingerprint density at radius 2 is 1.89 bits per heavy atom. The second kappa shape index (κ2) is 13.2. The largest absolute Gasteiger partial charge is 0.497 e. The average Bonchev–Trinajstić information content (AvgIpc) is 3.14. The van der Waals surface area contributed by atoms with Crippen molar-refractivity contribution in [2.45, 2.75) is 39.8 Å². The fraction of sp³-hybridized carbons (Fsp3) is 0.526. The lowest BCUT2D eigenvalue weighted by atomic mass is 10.3. The van der Waals surface area contributed by atoms with Crippen LogP contribution in [-0.2, 0) is 13.0 Å². The van der Waals surface area contributed by atoms with Crippen LogP contribution in [0, 0.1) is 0 Å². The minimum absolute atomic E-state index is 0. The van der Waals surface area contributed by atoms with Crippen molar-refractivity contribution >= 4 is 29.9 Å². The van der Waals surface area contributed by atoms with Gasteiger partial charge in [0.05, 0.1) is 13.7 Å². The summed E-state index contributed by atoms with van der Waals surface area (Å²) in [7, 11) is 1.65. The molecule has 0 fully saturated rings. The van der Waals surface area contributed by atoms with Gasteiger partial charge in [-0.3, -0.25) is 0 Å². The van der Waals surface area contributed by atoms with Crippen molar-refractivity contribution in [3.63, 3.8) is 0 Å². The van der Waals surface area contributed by atoms with Crippen LogP contribution in [0.4, 0.5) is 0 Å². The summed E-state index contributed by atoms with van der Waals surface area (Å²) in [4.78, 5) is 4.61. The molecular weight excluding hydrogens is 471 g/mol. The Morgan fingerprint density at radius 3 is 2.54 bits per heavy atom. The number of guanidine groups is 1. The minimum atomic E-state index is -0.0432. The molecule has 0 bridgehead atoms. The van der Waals surface area contributed by atoms with Crippen molar-refractivity contribution in [3.8, 4) is 11.5 Å². The third-order valence-corrected chi connectivity index (χ3v) is 3.90. The maximum atomic E-state index is 5.90. The fourth-order valence-corrected chi connectivity index (χ4v) is 2.52. The first kappa shape index (κ1) is 24.0. The van der Waals surface area contributed by atoms with Crippen molar-refractivity contribution in [1.82, 2.24) is 25.4 Å². The van der Waals surface area contributed by atoms with E-state index in [1.165, 1.54) is 0 Å². The van der Waals surface area contributed by atoms with Crippen LogP contribution < -0.4 is 20.1 Å². The highest BCUT2D eigenvalue weighted by molar-refractivity contribution is 14.0. The highest BCUT2D eigenvalue weighted by Crippen LogP contribution is 2.18. The molecule has 1 aromatic heterocycles. The van der Waals surface area contributed by atoms with Gasteiger partial charge in [0.25, 0.3) is 0 Å². The lowest BCUT2D eigenvalue weighted by Crippen LogP contribution is -2.39. The number of nitrogens with zero attached hydrogens (tertiary/aromatic N) is 4. The Bertz CT molecular complexity index is 705. The Balaban J connectivity index is 0.00000392. The summed E-state index contributed by atoms with van der Waals surface area (Å²) in [5, 5.41) is 14.6. The van der Waals surface area contributed by atoms with E-state index in [0.717, 1.165) is 49.3 Å². The van der Waals surface area contributed by atoms with E-state index >= 15 is 0 Å². The Kier molecular flexibility index (Phi) is 11.3. The molecule has 0 spiro atoms. The summed E-state index contributed by atoms with van der Waals surface area (Å²) in [6.07, 6.45) is 2.59.